The highest BCUT2D eigenvalue weighted by atomic mass is 32.2. The van der Waals surface area contributed by atoms with Gasteiger partial charge in [0.25, 0.3) is 0 Å². The predicted octanol–water partition coefficient (Wildman–Crippen LogP) is 5.49. The predicted molar refractivity (Wildman–Crippen MR) is 102 cm³/mol. The Labute approximate surface area is 146 Å². The van der Waals surface area contributed by atoms with Crippen LogP contribution in [0.3, 0.4) is 0 Å². The average molecular weight is 334 g/mol. The maximum Gasteiger partial charge on any atom is 0.216 e. The molecule has 0 spiro atoms. The van der Waals surface area contributed by atoms with E-state index in [-0.39, 0.29) is 5.12 Å². The van der Waals surface area contributed by atoms with Gasteiger partial charge >= 0.3 is 0 Å². The number of thioether (sulfide) groups is 1. The van der Waals surface area contributed by atoms with E-state index < -0.39 is 0 Å². The van der Waals surface area contributed by atoms with Crippen molar-refractivity contribution in [1.29, 1.82) is 0 Å². The number of aryl methyl sites for hydroxylation is 1. The molecule has 3 aromatic rings. The van der Waals surface area contributed by atoms with Crippen LogP contribution < -0.4 is 4.74 Å². The van der Waals surface area contributed by atoms with Gasteiger partial charge in [-0.05, 0) is 60.0 Å². The molecule has 3 heteroatoms. The maximum absolute atomic E-state index is 12.2. The van der Waals surface area contributed by atoms with Crippen molar-refractivity contribution < 1.29 is 9.53 Å². The lowest BCUT2D eigenvalue weighted by atomic mass is 10.0. The molecule has 3 rings (SSSR count). The first-order valence-electron chi connectivity index (χ1n) is 7.69. The lowest BCUT2D eigenvalue weighted by Gasteiger charge is -2.07. The molecule has 0 aliphatic heterocycles. The van der Waals surface area contributed by atoms with E-state index in [1.165, 1.54) is 17.3 Å². The first kappa shape index (κ1) is 16.3. The smallest absolute Gasteiger partial charge is 0.216 e. The largest absolute Gasteiger partial charge is 0.496 e. The van der Waals surface area contributed by atoms with Gasteiger partial charge in [0.1, 0.15) is 5.75 Å². The van der Waals surface area contributed by atoms with E-state index in [9.17, 15) is 4.79 Å². The van der Waals surface area contributed by atoms with E-state index in [0.29, 0.717) is 0 Å². The molecular weight excluding hydrogens is 316 g/mol. The van der Waals surface area contributed by atoms with E-state index in [0.717, 1.165) is 27.0 Å². The molecule has 0 amide bonds. The lowest BCUT2D eigenvalue weighted by Crippen LogP contribution is -1.88. The Bertz CT molecular complexity index is 895. The zero-order chi connectivity index (χ0) is 16.9. The summed E-state index contributed by atoms with van der Waals surface area (Å²) in [6.45, 7) is 2.03. The van der Waals surface area contributed by atoms with Gasteiger partial charge in [0.15, 0.2) is 0 Å². The fourth-order valence-corrected chi connectivity index (χ4v) is 3.17. The third kappa shape index (κ3) is 3.69. The van der Waals surface area contributed by atoms with Gasteiger partial charge in [-0.2, -0.15) is 0 Å². The fraction of sp³-hybridized carbons (Fsp3) is 0.0952. The van der Waals surface area contributed by atoms with Crippen molar-refractivity contribution in [2.45, 2.75) is 11.8 Å². The highest BCUT2D eigenvalue weighted by Gasteiger charge is 2.05. The van der Waals surface area contributed by atoms with Crippen molar-refractivity contribution in [2.24, 2.45) is 0 Å². The molecule has 0 fully saturated rings. The second-order valence-electron chi connectivity index (χ2n) is 5.47. The number of rotatable bonds is 4. The Hall–Kier alpha value is -2.52. The molecule has 24 heavy (non-hydrogen) atoms. The number of benzene rings is 3. The first-order chi connectivity index (χ1) is 11.7. The van der Waals surface area contributed by atoms with Crippen LogP contribution in [0.5, 0.6) is 5.75 Å². The summed E-state index contributed by atoms with van der Waals surface area (Å²) in [6.07, 6.45) is 3.49. The highest BCUT2D eigenvalue weighted by molar-refractivity contribution is 8.14. The quantitative estimate of drug-likeness (QED) is 0.466. The van der Waals surface area contributed by atoms with E-state index >= 15 is 0 Å². The Morgan fingerprint density at radius 2 is 1.67 bits per heavy atom. The van der Waals surface area contributed by atoms with Crippen LogP contribution in [0.1, 0.15) is 11.1 Å². The summed E-state index contributed by atoms with van der Waals surface area (Å²) in [7, 11) is 1.67. The summed E-state index contributed by atoms with van der Waals surface area (Å²) in [5, 5.41) is 2.13. The summed E-state index contributed by atoms with van der Waals surface area (Å²) < 4.78 is 5.40. The number of methoxy groups -OCH3 is 1. The van der Waals surface area contributed by atoms with Crippen LogP contribution in [0.4, 0.5) is 0 Å². The summed E-state index contributed by atoms with van der Waals surface area (Å²) >= 11 is 1.23. The van der Waals surface area contributed by atoms with Gasteiger partial charge in [0.2, 0.25) is 5.12 Å². The summed E-state index contributed by atoms with van der Waals surface area (Å²) in [6, 6.07) is 19.9. The molecule has 0 atom stereocenters. The van der Waals surface area contributed by atoms with Gasteiger partial charge in [-0.3, -0.25) is 4.79 Å². The fourth-order valence-electron chi connectivity index (χ4n) is 2.53. The number of hydrogen-bond donors (Lipinski definition) is 0. The Morgan fingerprint density at radius 3 is 2.38 bits per heavy atom. The normalized spacial score (nSPS) is 11.1. The first-order valence-corrected chi connectivity index (χ1v) is 8.51. The number of hydrogen-bond acceptors (Lipinski definition) is 3. The van der Waals surface area contributed by atoms with Crippen LogP contribution in [-0.2, 0) is 4.79 Å². The summed E-state index contributed by atoms with van der Waals surface area (Å²) in [4.78, 5) is 13.1. The lowest BCUT2D eigenvalue weighted by molar-refractivity contribution is -0.107. The Morgan fingerprint density at radius 1 is 0.958 bits per heavy atom. The molecule has 0 aromatic heterocycles. The number of carbonyl (C=O) groups excluding carboxylic acids is 1. The SMILES string of the molecule is COc1ccc(C=CC(=O)Sc2ccc(C)cc2)c2ccccc12. The third-order valence-corrected chi connectivity index (χ3v) is 4.62. The van der Waals surface area contributed by atoms with Crippen molar-refractivity contribution in [1.82, 2.24) is 0 Å². The Balaban J connectivity index is 1.82. The minimum absolute atomic E-state index is 0.0127. The third-order valence-electron chi connectivity index (χ3n) is 3.78. The molecule has 2 nitrogen and oxygen atoms in total. The Kier molecular flexibility index (Phi) is 5.02. The van der Waals surface area contributed by atoms with Crippen LogP contribution in [0.25, 0.3) is 16.8 Å². The molecule has 0 aliphatic rings. The maximum atomic E-state index is 12.2. The molecule has 0 N–H and O–H groups in total. The van der Waals surface area contributed by atoms with Crippen LogP contribution >= 0.6 is 11.8 Å². The van der Waals surface area contributed by atoms with Crippen molar-refractivity contribution >= 4 is 33.7 Å². The van der Waals surface area contributed by atoms with Gasteiger partial charge in [-0.15, -0.1) is 0 Å². The molecule has 0 radical (unpaired) electrons. The van der Waals surface area contributed by atoms with Crippen molar-refractivity contribution in [3.63, 3.8) is 0 Å². The van der Waals surface area contributed by atoms with E-state index in [1.54, 1.807) is 13.2 Å². The van der Waals surface area contributed by atoms with Crippen LogP contribution in [0.2, 0.25) is 0 Å². The van der Waals surface area contributed by atoms with Crippen molar-refractivity contribution in [3.05, 3.63) is 77.9 Å². The molecule has 0 heterocycles. The van der Waals surface area contributed by atoms with E-state index in [1.807, 2.05) is 73.7 Å². The van der Waals surface area contributed by atoms with E-state index in [2.05, 4.69) is 0 Å². The topological polar surface area (TPSA) is 26.3 Å². The minimum atomic E-state index is 0.0127. The van der Waals surface area contributed by atoms with Gasteiger partial charge in [-0.25, -0.2) is 0 Å². The second kappa shape index (κ2) is 7.37. The van der Waals surface area contributed by atoms with Crippen LogP contribution in [0, 0.1) is 6.92 Å². The minimum Gasteiger partial charge on any atom is -0.496 e. The average Bonchev–Trinajstić information content (AvgIpc) is 2.61. The molecular formula is C21H18O2S. The second-order valence-corrected chi connectivity index (χ2v) is 6.55. The standard InChI is InChI=1S/C21H18O2S/c1-15-7-11-17(12-8-15)24-21(22)14-10-16-9-13-20(23-2)19-6-4-3-5-18(16)19/h3-14H,1-2H3. The number of ether oxygens (including phenoxy) is 1. The van der Waals surface area contributed by atoms with Gasteiger partial charge in [0.05, 0.1) is 7.11 Å². The monoisotopic (exact) mass is 334 g/mol. The zero-order valence-electron chi connectivity index (χ0n) is 13.7. The molecule has 120 valence electrons. The molecule has 0 saturated heterocycles. The molecule has 3 aromatic carbocycles. The molecule has 0 unspecified atom stereocenters. The zero-order valence-corrected chi connectivity index (χ0v) is 14.5. The van der Waals surface area contributed by atoms with Crippen LogP contribution in [-0.4, -0.2) is 12.2 Å². The van der Waals surface area contributed by atoms with Gasteiger partial charge in [0, 0.05) is 10.3 Å². The van der Waals surface area contributed by atoms with Crippen LogP contribution in [0.15, 0.2) is 71.6 Å². The molecule has 0 aliphatic carbocycles. The van der Waals surface area contributed by atoms with Crippen molar-refractivity contribution in [2.75, 3.05) is 7.11 Å². The number of fused-ring (bicyclic) bond motifs is 1. The van der Waals surface area contributed by atoms with Gasteiger partial charge in [-0.1, -0.05) is 48.0 Å². The molecule has 0 saturated carbocycles. The highest BCUT2D eigenvalue weighted by Crippen LogP contribution is 2.29. The van der Waals surface area contributed by atoms with Gasteiger partial charge < -0.3 is 4.74 Å². The molecule has 0 bridgehead atoms. The summed E-state index contributed by atoms with van der Waals surface area (Å²) in [5.41, 5.74) is 2.19. The van der Waals surface area contributed by atoms with Crippen molar-refractivity contribution in [3.8, 4) is 5.75 Å². The number of carbonyl (C=O) groups is 1. The van der Waals surface area contributed by atoms with E-state index in [4.69, 9.17) is 4.74 Å². The summed E-state index contributed by atoms with van der Waals surface area (Å²) in [5.74, 6) is 0.836.